The first-order valence-corrected chi connectivity index (χ1v) is 32.6. The second kappa shape index (κ2) is 32.0. The molecular formula is C61H80N14O20S. The predicted octanol–water partition coefficient (Wildman–Crippen LogP) is -5.48. The van der Waals surface area contributed by atoms with E-state index < -0.39 is 227 Å². The van der Waals surface area contributed by atoms with Crippen LogP contribution in [-0.4, -0.2) is 220 Å². The smallest absolute Gasteiger partial charge is 0.253 e. The summed E-state index contributed by atoms with van der Waals surface area (Å²) in [7, 11) is -5.07. The van der Waals surface area contributed by atoms with Gasteiger partial charge in [0.15, 0.2) is 9.84 Å². The van der Waals surface area contributed by atoms with E-state index in [2.05, 4.69) is 58.2 Å². The van der Waals surface area contributed by atoms with Crippen molar-refractivity contribution in [1.29, 1.82) is 0 Å². The molecule has 14 amide bonds. The molecule has 4 aliphatic heterocycles. The van der Waals surface area contributed by atoms with Crippen molar-refractivity contribution in [3.05, 3.63) is 65.7 Å². The number of carbonyl (C=O) groups is 14. The molecule has 5 heterocycles. The van der Waals surface area contributed by atoms with Gasteiger partial charge in [-0.3, -0.25) is 72.0 Å². The number of H-pyrrole nitrogens is 1. The maximum Gasteiger partial charge on any atom is 0.253 e. The van der Waals surface area contributed by atoms with Crippen LogP contribution >= 0.6 is 0 Å². The topological polar surface area (TPSA) is 512 Å². The highest BCUT2D eigenvalue weighted by Gasteiger charge is 2.46. The van der Waals surface area contributed by atoms with Gasteiger partial charge >= 0.3 is 0 Å². The summed E-state index contributed by atoms with van der Waals surface area (Å²) in [6.07, 6.45) is -3.26. The van der Waals surface area contributed by atoms with E-state index in [-0.39, 0.29) is 41.8 Å². The van der Waals surface area contributed by atoms with Gasteiger partial charge < -0.3 is 88.8 Å². The summed E-state index contributed by atoms with van der Waals surface area (Å²) < 4.78 is 36.6. The number of anilines is 1. The number of imide groups is 1. The minimum atomic E-state index is -5.07. The fourth-order valence-electron chi connectivity index (χ4n) is 11.0. The molecular weight excluding hydrogens is 1280 g/mol. The molecule has 12 atom stereocenters. The first-order chi connectivity index (χ1) is 45.3. The molecule has 1 saturated heterocycles. The number of hydrogen-bond acceptors (Lipinski definition) is 20. The molecule has 1 fully saturated rings. The third kappa shape index (κ3) is 18.5. The molecule has 35 heteroatoms. The Kier molecular flexibility index (Phi) is 24.5. The Morgan fingerprint density at radius 3 is 2.05 bits per heavy atom. The van der Waals surface area contributed by atoms with Gasteiger partial charge in [0, 0.05) is 67.6 Å². The zero-order chi connectivity index (χ0) is 70.6. The highest BCUT2D eigenvalue weighted by molar-refractivity contribution is 7.91. The summed E-state index contributed by atoms with van der Waals surface area (Å²) in [6, 6.07) is -2.82. The fourth-order valence-corrected chi connectivity index (χ4v) is 12.7. The lowest BCUT2D eigenvalue weighted by Gasteiger charge is -2.32. The molecule has 0 unspecified atom stereocenters. The molecule has 0 saturated carbocycles. The molecule has 3 aromatic rings. The van der Waals surface area contributed by atoms with Crippen molar-refractivity contribution in [3.8, 4) is 5.75 Å². The largest absolute Gasteiger partial charge is 0.489 e. The minimum Gasteiger partial charge on any atom is -0.489 e. The number of aromatic nitrogens is 1. The van der Waals surface area contributed by atoms with Crippen LogP contribution in [0.3, 0.4) is 0 Å². The average Bonchev–Trinajstić information content (AvgIpc) is 1.61. The van der Waals surface area contributed by atoms with Crippen molar-refractivity contribution in [2.24, 2.45) is 23.5 Å². The summed E-state index contributed by atoms with van der Waals surface area (Å²) in [5, 5.41) is 55.8. The van der Waals surface area contributed by atoms with E-state index >= 15 is 8.42 Å². The Hall–Kier alpha value is -9.87. The second-order valence-corrected chi connectivity index (χ2v) is 26.3. The Morgan fingerprint density at radius 2 is 1.42 bits per heavy atom. The number of aromatic amines is 1. The van der Waals surface area contributed by atoms with E-state index in [0.717, 1.165) is 22.0 Å². The molecule has 2 aromatic carbocycles. The van der Waals surface area contributed by atoms with Crippen molar-refractivity contribution in [2.75, 3.05) is 43.9 Å². The third-order valence-electron chi connectivity index (χ3n) is 16.8. The van der Waals surface area contributed by atoms with Gasteiger partial charge in [-0.15, -0.1) is 0 Å². The minimum absolute atomic E-state index is 0.00156. The van der Waals surface area contributed by atoms with Gasteiger partial charge in [-0.05, 0) is 54.2 Å². The molecule has 34 nitrogen and oxygen atoms in total. The lowest BCUT2D eigenvalue weighted by Crippen LogP contribution is -2.62. The van der Waals surface area contributed by atoms with Crippen LogP contribution in [0.15, 0.2) is 59.6 Å². The van der Waals surface area contributed by atoms with Crippen molar-refractivity contribution in [1.82, 2.24) is 62.6 Å². The molecule has 520 valence electrons. The number of nitrogens with one attached hydrogen (secondary N) is 11. The van der Waals surface area contributed by atoms with Gasteiger partial charge in [-0.1, -0.05) is 53.2 Å². The van der Waals surface area contributed by atoms with Crippen molar-refractivity contribution >= 4 is 109 Å². The molecule has 96 heavy (non-hydrogen) atoms. The number of aliphatic hydroxyl groups is 3. The van der Waals surface area contributed by atoms with Crippen LogP contribution in [-0.2, 0) is 90.0 Å². The van der Waals surface area contributed by atoms with Crippen molar-refractivity contribution in [3.63, 3.8) is 0 Å². The Morgan fingerprint density at radius 1 is 0.760 bits per heavy atom. The number of carbonyl (C=O) groups excluding carboxylic acids is 14. The van der Waals surface area contributed by atoms with Crippen LogP contribution in [0.2, 0.25) is 0 Å². The Labute approximate surface area is 550 Å². The number of rotatable bonds is 19. The molecule has 0 aliphatic carbocycles. The lowest BCUT2D eigenvalue weighted by atomic mass is 9.93. The number of hydrogen-bond donors (Lipinski definition) is 15. The highest BCUT2D eigenvalue weighted by atomic mass is 32.2. The van der Waals surface area contributed by atoms with Gasteiger partial charge in [-0.2, -0.15) is 0 Å². The van der Waals surface area contributed by atoms with E-state index in [4.69, 9.17) is 10.5 Å². The first-order valence-electron chi connectivity index (χ1n) is 30.9. The van der Waals surface area contributed by atoms with Gasteiger partial charge in [0.1, 0.15) is 65.7 Å². The highest BCUT2D eigenvalue weighted by Crippen LogP contribution is 2.32. The van der Waals surface area contributed by atoms with Gasteiger partial charge in [0.05, 0.1) is 49.6 Å². The average molecular weight is 1360 g/mol. The maximum atomic E-state index is 15.2. The SMILES string of the molecule is CC[C@H](C)[C@@H]1NC(=O)CNC(=O)[C@@H]2Cc3c([nH]c4cc(OCc5ccc(NC(=O)[C@H](C)NC(=O)[C@@H](NC(=O)CCN6C(=O)C=CC6=O)C(C)C)cc5)ccc34)S(=O)(=O)C[C@H](NC(=O)CNC1=O)C(=O)N[C@@H](CC(N)=O)C(=O)N1C[C@H](O)C[C@H]1C(=O)N[C@@H]([C@@H](C)[C@@H](O)CO)C(=O)N2. The van der Waals surface area contributed by atoms with Crippen LogP contribution in [0.25, 0.3) is 10.9 Å². The number of sulfone groups is 1. The van der Waals surface area contributed by atoms with Crippen LogP contribution < -0.4 is 63.6 Å². The standard InChI is InChI=1S/C61H80N14O20S/c1-7-29(4)51-57(89)64-22-46(81)67-41-27-96(93,94)60-37(20-39(54(86)63-23-47(82)72-51)68-59(91)52(30(5)43(78)25-76)73-56(88)42-18-34(77)24-75(42)61(92)40(21-44(62)79)69-55(41)87)36-13-12-35(19-38(36)70-60)95-26-32-8-10-33(11-9-32)66-53(85)31(6)65-58(90)50(28(2)3)71-45(80)16-17-74-48(83)14-15-49(74)84/h8-15,19,28-31,34,39-43,50-52,70,76-78H,7,16-18,20-27H2,1-6H3,(H2,62,79)(H,63,86)(H,64,89)(H,65,90)(H,66,85)(H,67,81)(H,68,91)(H,69,87)(H,71,80)(H,72,82)(H,73,88)/t29-,30-,31-,34+,39-,40-,41-,42-,43-,50-,51-,52-/m0/s1. The number of aliphatic hydroxyl groups excluding tert-OH is 3. The number of primary amides is 1. The van der Waals surface area contributed by atoms with E-state index in [1.807, 2.05) is 0 Å². The van der Waals surface area contributed by atoms with E-state index in [1.54, 1.807) is 39.8 Å². The molecule has 2 bridgehead atoms. The summed E-state index contributed by atoms with van der Waals surface area (Å²) in [5.74, 6) is -17.1. The third-order valence-corrected chi connectivity index (χ3v) is 18.5. The number of amides is 14. The molecule has 0 spiro atoms. The number of nitrogens with zero attached hydrogens (tertiary/aromatic N) is 2. The van der Waals surface area contributed by atoms with Crippen LogP contribution in [0.5, 0.6) is 5.75 Å². The first kappa shape index (κ1) is 73.5. The monoisotopic (exact) mass is 1360 g/mol. The zero-order valence-corrected chi connectivity index (χ0v) is 54.2. The Balaban J connectivity index is 1.21. The van der Waals surface area contributed by atoms with Crippen LogP contribution in [0.1, 0.15) is 78.4 Å². The maximum absolute atomic E-state index is 15.2. The molecule has 4 aliphatic rings. The number of ether oxygens (including phenoxy) is 1. The zero-order valence-electron chi connectivity index (χ0n) is 53.3. The second-order valence-electron chi connectivity index (χ2n) is 24.3. The molecule has 0 radical (unpaired) electrons. The normalized spacial score (nSPS) is 23.9. The van der Waals surface area contributed by atoms with Crippen LogP contribution in [0.4, 0.5) is 5.69 Å². The number of fused-ring (bicyclic) bond motifs is 5. The van der Waals surface area contributed by atoms with E-state index in [0.29, 0.717) is 17.7 Å². The summed E-state index contributed by atoms with van der Waals surface area (Å²) in [4.78, 5) is 194. The van der Waals surface area contributed by atoms with E-state index in [1.165, 1.54) is 44.2 Å². The summed E-state index contributed by atoms with van der Waals surface area (Å²) in [6.45, 7) is 5.60. The summed E-state index contributed by atoms with van der Waals surface area (Å²) >= 11 is 0. The number of benzene rings is 2. The van der Waals surface area contributed by atoms with E-state index in [9.17, 15) is 82.4 Å². The van der Waals surface area contributed by atoms with Gasteiger partial charge in [-0.25, -0.2) is 8.42 Å². The van der Waals surface area contributed by atoms with Gasteiger partial charge in [0.2, 0.25) is 70.9 Å². The molecule has 7 rings (SSSR count). The predicted molar refractivity (Wildman–Crippen MR) is 336 cm³/mol. The van der Waals surface area contributed by atoms with Crippen molar-refractivity contribution in [2.45, 2.75) is 146 Å². The quantitative estimate of drug-likeness (QED) is 0.0498. The van der Waals surface area contributed by atoms with Gasteiger partial charge in [0.25, 0.3) is 11.8 Å². The molecule has 1 aromatic heterocycles. The summed E-state index contributed by atoms with van der Waals surface area (Å²) in [5.41, 5.74) is 6.13. The Bertz CT molecular complexity index is 3670. The lowest BCUT2D eigenvalue weighted by molar-refractivity contribution is -0.144. The molecule has 16 N–H and O–H groups in total. The van der Waals surface area contributed by atoms with Crippen molar-refractivity contribution < 1.29 is 95.6 Å². The number of nitrogens with two attached hydrogens (primary N) is 1. The van der Waals surface area contributed by atoms with Crippen LogP contribution in [0, 0.1) is 17.8 Å². The fraction of sp³-hybridized carbons (Fsp3) is 0.508.